The molecule has 5 heteroatoms. The summed E-state index contributed by atoms with van der Waals surface area (Å²) in [5.74, 6) is 0.201. The lowest BCUT2D eigenvalue weighted by atomic mass is 9.83. The molecule has 18 heavy (non-hydrogen) atoms. The minimum atomic E-state index is -3.23. The van der Waals surface area contributed by atoms with Crippen molar-refractivity contribution in [3.8, 4) is 0 Å². The third-order valence-electron chi connectivity index (χ3n) is 3.73. The molecule has 0 radical (unpaired) electrons. The Bertz CT molecular complexity index is 605. The normalized spacial score (nSPS) is 30.1. The van der Waals surface area contributed by atoms with E-state index in [0.717, 1.165) is 0 Å². The fraction of sp³-hybridized carbons (Fsp3) is 0.462. The summed E-state index contributed by atoms with van der Waals surface area (Å²) in [6.45, 7) is 0.382. The van der Waals surface area contributed by atoms with Crippen LogP contribution in [-0.4, -0.2) is 26.6 Å². The molecule has 0 N–H and O–H groups in total. The van der Waals surface area contributed by atoms with E-state index in [1.54, 1.807) is 24.3 Å². The van der Waals surface area contributed by atoms with Crippen LogP contribution in [0.5, 0.6) is 0 Å². The zero-order valence-corrected chi connectivity index (χ0v) is 10.7. The lowest BCUT2D eigenvalue weighted by Crippen LogP contribution is -2.43. The Morgan fingerprint density at radius 1 is 1.22 bits per heavy atom. The molecular formula is C13H14O4S. The second-order valence-corrected chi connectivity index (χ2v) is 6.95. The van der Waals surface area contributed by atoms with Gasteiger partial charge in [-0.15, -0.1) is 0 Å². The van der Waals surface area contributed by atoms with Crippen LogP contribution >= 0.6 is 0 Å². The van der Waals surface area contributed by atoms with Crippen molar-refractivity contribution in [1.29, 1.82) is 0 Å². The standard InChI is InChI=1S/C13H14O4S/c14-10-5-7-17-13(9-10)6-8-18(15,16)12-4-2-1-3-11(12)13/h1-4H,5-9H2. The van der Waals surface area contributed by atoms with E-state index in [2.05, 4.69) is 0 Å². The molecule has 4 nitrogen and oxygen atoms in total. The van der Waals surface area contributed by atoms with Crippen LogP contribution < -0.4 is 0 Å². The summed E-state index contributed by atoms with van der Waals surface area (Å²) in [7, 11) is -3.23. The van der Waals surface area contributed by atoms with Gasteiger partial charge in [0, 0.05) is 18.4 Å². The molecule has 96 valence electrons. The van der Waals surface area contributed by atoms with Crippen LogP contribution in [0.2, 0.25) is 0 Å². The first-order valence-electron chi connectivity index (χ1n) is 6.01. The molecule has 1 aromatic carbocycles. The highest BCUT2D eigenvalue weighted by Gasteiger charge is 2.45. The van der Waals surface area contributed by atoms with Crippen molar-refractivity contribution in [2.45, 2.75) is 29.8 Å². The van der Waals surface area contributed by atoms with Crippen molar-refractivity contribution in [1.82, 2.24) is 0 Å². The van der Waals surface area contributed by atoms with Gasteiger partial charge in [-0.1, -0.05) is 18.2 Å². The van der Waals surface area contributed by atoms with Gasteiger partial charge in [0.15, 0.2) is 9.84 Å². The third-order valence-corrected chi connectivity index (χ3v) is 5.50. The number of rotatable bonds is 0. The molecular weight excluding hydrogens is 252 g/mol. The van der Waals surface area contributed by atoms with Gasteiger partial charge in [-0.3, -0.25) is 4.79 Å². The Kier molecular flexibility index (Phi) is 2.57. The maximum absolute atomic E-state index is 12.0. The van der Waals surface area contributed by atoms with Crippen LogP contribution in [0, 0.1) is 0 Å². The molecule has 0 bridgehead atoms. The zero-order chi connectivity index (χ0) is 12.8. The van der Waals surface area contributed by atoms with Crippen LogP contribution in [0.25, 0.3) is 0 Å². The van der Waals surface area contributed by atoms with Crippen LogP contribution in [0.1, 0.15) is 24.8 Å². The summed E-state index contributed by atoms with van der Waals surface area (Å²) in [4.78, 5) is 12.0. The molecule has 1 unspecified atom stereocenters. The number of carbonyl (C=O) groups excluding carboxylic acids is 1. The highest BCUT2D eigenvalue weighted by Crippen LogP contribution is 2.44. The fourth-order valence-corrected chi connectivity index (χ4v) is 4.50. The number of benzene rings is 1. The first-order valence-corrected chi connectivity index (χ1v) is 7.67. The Labute approximate surface area is 106 Å². The number of Topliss-reactive ketones (excluding diaryl/α,β-unsaturated/α-hetero) is 1. The number of hydrogen-bond donors (Lipinski definition) is 0. The maximum Gasteiger partial charge on any atom is 0.178 e. The van der Waals surface area contributed by atoms with E-state index in [0.29, 0.717) is 36.3 Å². The average Bonchev–Trinajstić information content (AvgIpc) is 2.36. The molecule has 1 saturated heterocycles. The number of hydrogen-bond acceptors (Lipinski definition) is 4. The molecule has 0 saturated carbocycles. The molecule has 1 fully saturated rings. The first kappa shape index (κ1) is 11.9. The van der Waals surface area contributed by atoms with Crippen molar-refractivity contribution in [3.05, 3.63) is 29.8 Å². The number of carbonyl (C=O) groups is 1. The van der Waals surface area contributed by atoms with Crippen molar-refractivity contribution in [2.75, 3.05) is 12.4 Å². The molecule has 0 aromatic heterocycles. The van der Waals surface area contributed by atoms with Gasteiger partial charge in [-0.2, -0.15) is 0 Å². The van der Waals surface area contributed by atoms with Crippen LogP contribution in [0.4, 0.5) is 0 Å². The Balaban J connectivity index is 2.18. The van der Waals surface area contributed by atoms with Crippen molar-refractivity contribution < 1.29 is 17.9 Å². The van der Waals surface area contributed by atoms with E-state index in [1.165, 1.54) is 0 Å². The molecule has 3 rings (SSSR count). The van der Waals surface area contributed by atoms with E-state index in [9.17, 15) is 13.2 Å². The Hall–Kier alpha value is -1.20. The van der Waals surface area contributed by atoms with Gasteiger partial charge in [-0.25, -0.2) is 8.42 Å². The SMILES string of the molecule is O=C1CCOC2(CCS(=O)(=O)c3ccccc32)C1. The van der Waals surface area contributed by atoms with Gasteiger partial charge < -0.3 is 4.74 Å². The Morgan fingerprint density at radius 3 is 2.78 bits per heavy atom. The van der Waals surface area contributed by atoms with E-state index >= 15 is 0 Å². The monoisotopic (exact) mass is 266 g/mol. The minimum absolute atomic E-state index is 0.0529. The maximum atomic E-state index is 12.0. The van der Waals surface area contributed by atoms with Crippen molar-refractivity contribution in [2.24, 2.45) is 0 Å². The summed E-state index contributed by atoms with van der Waals surface area (Å²) < 4.78 is 29.9. The first-order chi connectivity index (χ1) is 8.54. The number of fused-ring (bicyclic) bond motifs is 2. The smallest absolute Gasteiger partial charge is 0.178 e. The predicted molar refractivity (Wildman–Crippen MR) is 65.0 cm³/mol. The summed E-state index contributed by atoms with van der Waals surface area (Å²) >= 11 is 0. The zero-order valence-electron chi connectivity index (χ0n) is 9.89. The minimum Gasteiger partial charge on any atom is -0.369 e. The van der Waals surface area contributed by atoms with Gasteiger partial charge >= 0.3 is 0 Å². The Morgan fingerprint density at radius 2 is 2.00 bits per heavy atom. The van der Waals surface area contributed by atoms with E-state index in [1.807, 2.05) is 0 Å². The van der Waals surface area contributed by atoms with Crippen molar-refractivity contribution >= 4 is 15.6 Å². The molecule has 0 amide bonds. The summed E-state index contributed by atoms with van der Waals surface area (Å²) in [5.41, 5.74) is -0.0543. The third kappa shape index (κ3) is 1.69. The molecule has 1 spiro atoms. The number of ketones is 1. The van der Waals surface area contributed by atoms with Gasteiger partial charge in [0.25, 0.3) is 0 Å². The largest absolute Gasteiger partial charge is 0.369 e. The average molecular weight is 266 g/mol. The van der Waals surface area contributed by atoms with Gasteiger partial charge in [-0.05, 0) is 12.5 Å². The number of ether oxygens (including phenoxy) is 1. The molecule has 1 aromatic rings. The fourth-order valence-electron chi connectivity index (χ4n) is 2.81. The molecule has 2 heterocycles. The van der Waals surface area contributed by atoms with Gasteiger partial charge in [0.1, 0.15) is 11.4 Å². The molecule has 2 aliphatic heterocycles. The van der Waals surface area contributed by atoms with E-state index in [4.69, 9.17) is 4.74 Å². The van der Waals surface area contributed by atoms with Crippen LogP contribution in [0.3, 0.4) is 0 Å². The topological polar surface area (TPSA) is 60.4 Å². The number of sulfone groups is 1. The van der Waals surface area contributed by atoms with E-state index < -0.39 is 15.4 Å². The van der Waals surface area contributed by atoms with Crippen molar-refractivity contribution in [3.63, 3.8) is 0 Å². The summed E-state index contributed by atoms with van der Waals surface area (Å²) in [5, 5.41) is 0. The second kappa shape index (κ2) is 3.90. The summed E-state index contributed by atoms with van der Waals surface area (Å²) in [6, 6.07) is 6.88. The highest BCUT2D eigenvalue weighted by molar-refractivity contribution is 7.91. The van der Waals surface area contributed by atoms with Crippen LogP contribution in [-0.2, 0) is 25.0 Å². The quantitative estimate of drug-likeness (QED) is 0.713. The molecule has 2 aliphatic rings. The van der Waals surface area contributed by atoms with Gasteiger partial charge in [0.2, 0.25) is 0 Å². The lowest BCUT2D eigenvalue weighted by molar-refractivity contribution is -0.142. The molecule has 1 atom stereocenters. The summed E-state index contributed by atoms with van der Waals surface area (Å²) in [6.07, 6.45) is 1.09. The lowest BCUT2D eigenvalue weighted by Gasteiger charge is -2.40. The van der Waals surface area contributed by atoms with Gasteiger partial charge in [0.05, 0.1) is 17.3 Å². The van der Waals surface area contributed by atoms with E-state index in [-0.39, 0.29) is 11.5 Å². The van der Waals surface area contributed by atoms with Crippen LogP contribution in [0.15, 0.2) is 29.2 Å². The highest BCUT2D eigenvalue weighted by atomic mass is 32.2. The predicted octanol–water partition coefficient (Wildman–Crippen LogP) is 1.44. The molecule has 0 aliphatic carbocycles. The second-order valence-electron chi connectivity index (χ2n) is 4.87.